The van der Waals surface area contributed by atoms with Gasteiger partial charge in [0.05, 0.1) is 17.2 Å². The molecule has 0 unspecified atom stereocenters. The van der Waals surface area contributed by atoms with Gasteiger partial charge in [0.15, 0.2) is 0 Å². The number of imide groups is 1. The van der Waals surface area contributed by atoms with E-state index in [1.54, 1.807) is 24.3 Å². The molecule has 4 heteroatoms. The number of hydrogen-bond acceptors (Lipinski definition) is 3. The van der Waals surface area contributed by atoms with Gasteiger partial charge in [0.2, 0.25) is 0 Å². The third-order valence-electron chi connectivity index (χ3n) is 3.41. The van der Waals surface area contributed by atoms with Crippen molar-refractivity contribution in [1.82, 2.24) is 5.06 Å². The highest BCUT2D eigenvalue weighted by molar-refractivity contribution is 6.20. The van der Waals surface area contributed by atoms with Crippen molar-refractivity contribution in [3.05, 3.63) is 71.3 Å². The van der Waals surface area contributed by atoms with Gasteiger partial charge in [-0.1, -0.05) is 42.5 Å². The van der Waals surface area contributed by atoms with E-state index in [1.165, 1.54) is 0 Å². The van der Waals surface area contributed by atoms with Crippen molar-refractivity contribution in [1.29, 1.82) is 0 Å². The Hall–Kier alpha value is -2.46. The fourth-order valence-corrected chi connectivity index (χ4v) is 2.43. The topological polar surface area (TPSA) is 46.6 Å². The molecule has 1 atom stereocenters. The van der Waals surface area contributed by atoms with Crippen LogP contribution in [0, 0.1) is 0 Å². The fourth-order valence-electron chi connectivity index (χ4n) is 2.43. The van der Waals surface area contributed by atoms with Crippen molar-refractivity contribution in [2.75, 3.05) is 0 Å². The Morgan fingerprint density at radius 3 is 2.00 bits per heavy atom. The summed E-state index contributed by atoms with van der Waals surface area (Å²) in [6, 6.07) is 16.6. The lowest BCUT2D eigenvalue weighted by Gasteiger charge is -2.19. The highest BCUT2D eigenvalue weighted by Crippen LogP contribution is 2.23. The van der Waals surface area contributed by atoms with E-state index in [4.69, 9.17) is 4.84 Å². The average Bonchev–Trinajstić information content (AvgIpc) is 2.74. The van der Waals surface area contributed by atoms with E-state index >= 15 is 0 Å². The van der Waals surface area contributed by atoms with Crippen LogP contribution in [-0.2, 0) is 11.3 Å². The number of nitrogens with zero attached hydrogens (tertiary/aromatic N) is 1. The molecule has 2 aromatic rings. The van der Waals surface area contributed by atoms with E-state index in [0.29, 0.717) is 17.5 Å². The molecule has 0 N–H and O–H groups in total. The van der Waals surface area contributed by atoms with E-state index < -0.39 is 11.8 Å². The largest absolute Gasteiger partial charge is 0.285 e. The first kappa shape index (κ1) is 13.5. The van der Waals surface area contributed by atoms with Gasteiger partial charge >= 0.3 is 0 Å². The zero-order chi connectivity index (χ0) is 14.8. The number of carbonyl (C=O) groups is 2. The molecule has 1 aliphatic heterocycles. The quantitative estimate of drug-likeness (QED) is 0.810. The lowest BCUT2D eigenvalue weighted by atomic mass is 10.1. The molecule has 3 rings (SSSR count). The fraction of sp³-hybridized carbons (Fsp3) is 0.176. The van der Waals surface area contributed by atoms with E-state index in [0.717, 1.165) is 10.6 Å². The molecule has 0 saturated carbocycles. The molecular weight excluding hydrogens is 266 g/mol. The minimum absolute atomic E-state index is 0.269. The molecule has 1 heterocycles. The predicted molar refractivity (Wildman–Crippen MR) is 77.6 cm³/mol. The summed E-state index contributed by atoms with van der Waals surface area (Å²) >= 11 is 0. The highest BCUT2D eigenvalue weighted by atomic mass is 16.7. The molecular formula is C17H15NO3. The van der Waals surface area contributed by atoms with Crippen LogP contribution in [0.25, 0.3) is 0 Å². The van der Waals surface area contributed by atoms with Gasteiger partial charge in [-0.15, -0.1) is 5.06 Å². The van der Waals surface area contributed by atoms with Crippen molar-refractivity contribution in [2.45, 2.75) is 19.4 Å². The third kappa shape index (κ3) is 2.58. The van der Waals surface area contributed by atoms with Gasteiger partial charge in [-0.2, -0.15) is 0 Å². The van der Waals surface area contributed by atoms with Crippen LogP contribution in [0.1, 0.15) is 33.2 Å². The summed E-state index contributed by atoms with van der Waals surface area (Å²) in [5.41, 5.74) is 1.89. The van der Waals surface area contributed by atoms with Crippen molar-refractivity contribution < 1.29 is 14.4 Å². The maximum Gasteiger partial charge on any atom is 0.285 e. The molecule has 1 aliphatic rings. The van der Waals surface area contributed by atoms with Gasteiger partial charge < -0.3 is 0 Å². The second-order valence-corrected chi connectivity index (χ2v) is 5.06. The first-order valence-electron chi connectivity index (χ1n) is 6.85. The summed E-state index contributed by atoms with van der Waals surface area (Å²) in [5.74, 6) is -0.786. The Labute approximate surface area is 122 Å². The number of hydroxylamine groups is 2. The monoisotopic (exact) mass is 281 g/mol. The molecule has 4 nitrogen and oxygen atoms in total. The molecule has 0 aliphatic carbocycles. The Balaban J connectivity index is 1.72. The summed E-state index contributed by atoms with van der Waals surface area (Å²) < 4.78 is 0. The van der Waals surface area contributed by atoms with E-state index in [2.05, 4.69) is 0 Å². The summed E-state index contributed by atoms with van der Waals surface area (Å²) in [6.07, 6.45) is 0.364. The van der Waals surface area contributed by atoms with Gasteiger partial charge in [-0.25, -0.2) is 0 Å². The Morgan fingerprint density at radius 2 is 1.43 bits per heavy atom. The zero-order valence-corrected chi connectivity index (χ0v) is 11.7. The van der Waals surface area contributed by atoms with E-state index in [-0.39, 0.29) is 6.10 Å². The van der Waals surface area contributed by atoms with Crippen LogP contribution in [0.3, 0.4) is 0 Å². The van der Waals surface area contributed by atoms with Crippen molar-refractivity contribution >= 4 is 11.8 Å². The van der Waals surface area contributed by atoms with Crippen LogP contribution >= 0.6 is 0 Å². The summed E-state index contributed by atoms with van der Waals surface area (Å²) in [7, 11) is 0. The third-order valence-corrected chi connectivity index (χ3v) is 3.41. The maximum atomic E-state index is 12.2. The molecule has 0 fully saturated rings. The molecule has 21 heavy (non-hydrogen) atoms. The summed E-state index contributed by atoms with van der Waals surface area (Å²) in [5, 5.41) is 0.873. The molecule has 0 aromatic heterocycles. The van der Waals surface area contributed by atoms with Crippen LogP contribution in [0.5, 0.6) is 0 Å². The lowest BCUT2D eigenvalue weighted by Crippen LogP contribution is -2.34. The van der Waals surface area contributed by atoms with Crippen LogP contribution in [0.4, 0.5) is 0 Å². The second kappa shape index (κ2) is 5.50. The van der Waals surface area contributed by atoms with E-state index in [1.807, 2.05) is 37.3 Å². The lowest BCUT2D eigenvalue weighted by molar-refractivity contribution is -0.125. The molecule has 0 radical (unpaired) electrons. The predicted octanol–water partition coefficient (Wildman–Crippen LogP) is 2.85. The van der Waals surface area contributed by atoms with Crippen molar-refractivity contribution in [3.63, 3.8) is 0 Å². The van der Waals surface area contributed by atoms with Gasteiger partial charge in [-0.3, -0.25) is 14.4 Å². The van der Waals surface area contributed by atoms with Gasteiger partial charge in [0.1, 0.15) is 0 Å². The number of carbonyl (C=O) groups excluding carboxylic acids is 2. The molecule has 0 saturated heterocycles. The first-order chi connectivity index (χ1) is 10.2. The maximum absolute atomic E-state index is 12.2. The van der Waals surface area contributed by atoms with Gasteiger partial charge in [0, 0.05) is 6.42 Å². The molecule has 0 bridgehead atoms. The number of rotatable bonds is 4. The van der Waals surface area contributed by atoms with Crippen molar-refractivity contribution in [2.24, 2.45) is 0 Å². The molecule has 106 valence electrons. The Kier molecular flexibility index (Phi) is 3.54. The Bertz CT molecular complexity index is 646. The van der Waals surface area contributed by atoms with Crippen LogP contribution in [0.2, 0.25) is 0 Å². The number of amides is 2. The minimum atomic E-state index is -0.393. The van der Waals surface area contributed by atoms with Gasteiger partial charge in [0.25, 0.3) is 11.8 Å². The standard InChI is InChI=1S/C17H15NO3/c1-12(11-13-7-3-2-4-8-13)21-18-16(19)14-9-5-6-10-15(14)17(18)20/h2-10,12H,11H2,1H3/t12-/m1/s1. The summed E-state index contributed by atoms with van der Waals surface area (Å²) in [4.78, 5) is 29.9. The molecule has 2 aromatic carbocycles. The second-order valence-electron chi connectivity index (χ2n) is 5.06. The van der Waals surface area contributed by atoms with Crippen LogP contribution in [-0.4, -0.2) is 23.0 Å². The number of fused-ring (bicyclic) bond motifs is 1. The average molecular weight is 281 g/mol. The van der Waals surface area contributed by atoms with Crippen molar-refractivity contribution in [3.8, 4) is 0 Å². The molecule has 2 amide bonds. The zero-order valence-electron chi connectivity index (χ0n) is 11.7. The Morgan fingerprint density at radius 1 is 0.905 bits per heavy atom. The number of benzene rings is 2. The smallest absolute Gasteiger partial charge is 0.266 e. The SMILES string of the molecule is C[C@H](Cc1ccccc1)ON1C(=O)c2ccccc2C1=O. The van der Waals surface area contributed by atoms with Gasteiger partial charge in [-0.05, 0) is 24.6 Å². The highest BCUT2D eigenvalue weighted by Gasteiger charge is 2.37. The van der Waals surface area contributed by atoms with Crippen LogP contribution < -0.4 is 0 Å². The van der Waals surface area contributed by atoms with Crippen LogP contribution in [0.15, 0.2) is 54.6 Å². The first-order valence-corrected chi connectivity index (χ1v) is 6.85. The number of hydrogen-bond donors (Lipinski definition) is 0. The van der Waals surface area contributed by atoms with E-state index in [9.17, 15) is 9.59 Å². The normalized spacial score (nSPS) is 15.2. The minimum Gasteiger partial charge on any atom is -0.266 e. The summed E-state index contributed by atoms with van der Waals surface area (Å²) in [6.45, 7) is 1.84. The molecule has 0 spiro atoms.